The third kappa shape index (κ3) is 4.30. The summed E-state index contributed by atoms with van der Waals surface area (Å²) in [6.45, 7) is 6.46. The molecule has 0 aliphatic heterocycles. The molecule has 1 atom stereocenters. The van der Waals surface area contributed by atoms with Gasteiger partial charge in [-0.2, -0.15) is 8.78 Å². The first kappa shape index (κ1) is 20.5. The van der Waals surface area contributed by atoms with Crippen molar-refractivity contribution in [2.75, 3.05) is 14.1 Å². The number of amides is 1. The summed E-state index contributed by atoms with van der Waals surface area (Å²) in [7, 11) is 2.33. The highest BCUT2D eigenvalue weighted by molar-refractivity contribution is 7.91. The monoisotopic (exact) mass is 362 g/mol. The first-order valence-corrected chi connectivity index (χ1v) is 8.27. The standard InChI is InChI=1S/C16H21F3N2O2S/c1-10(20-24(23)15(2,3)4)11-8-7-9-12(13(11)17)16(18,19)14(22)21(5)6/h7-9H,1-6H3. The Labute approximate surface area is 143 Å². The van der Waals surface area contributed by atoms with Crippen LogP contribution >= 0.6 is 0 Å². The molecule has 24 heavy (non-hydrogen) atoms. The summed E-state index contributed by atoms with van der Waals surface area (Å²) in [5.74, 6) is -6.77. The highest BCUT2D eigenvalue weighted by Gasteiger charge is 2.45. The first-order chi connectivity index (χ1) is 10.8. The lowest BCUT2D eigenvalue weighted by Crippen LogP contribution is -2.38. The van der Waals surface area contributed by atoms with Crippen LogP contribution in [0.5, 0.6) is 0 Å². The maximum atomic E-state index is 14.6. The van der Waals surface area contributed by atoms with Gasteiger partial charge >= 0.3 is 5.92 Å². The lowest BCUT2D eigenvalue weighted by atomic mass is 10.0. The van der Waals surface area contributed by atoms with Crippen LogP contribution in [0.25, 0.3) is 0 Å². The van der Waals surface area contributed by atoms with Crippen LogP contribution in [0, 0.1) is 5.82 Å². The summed E-state index contributed by atoms with van der Waals surface area (Å²) >= 11 is -1.66. The smallest absolute Gasteiger partial charge is 0.352 e. The molecule has 0 saturated heterocycles. The maximum Gasteiger partial charge on any atom is 0.352 e. The quantitative estimate of drug-likeness (QED) is 0.610. The van der Waals surface area contributed by atoms with Crippen LogP contribution in [0.3, 0.4) is 0 Å². The molecule has 1 rings (SSSR count). The van der Waals surface area contributed by atoms with E-state index in [-0.39, 0.29) is 11.3 Å². The zero-order valence-electron chi connectivity index (χ0n) is 14.5. The van der Waals surface area contributed by atoms with Crippen LogP contribution in [-0.2, 0) is 22.1 Å². The largest absolute Gasteiger partial charge is 0.591 e. The van der Waals surface area contributed by atoms with Crippen LogP contribution < -0.4 is 0 Å². The minimum Gasteiger partial charge on any atom is -0.591 e. The molecule has 0 fully saturated rings. The highest BCUT2D eigenvalue weighted by Crippen LogP contribution is 2.33. The van der Waals surface area contributed by atoms with Gasteiger partial charge < -0.3 is 9.45 Å². The molecule has 1 unspecified atom stereocenters. The maximum absolute atomic E-state index is 14.6. The van der Waals surface area contributed by atoms with Crippen molar-refractivity contribution in [3.8, 4) is 0 Å². The zero-order valence-corrected chi connectivity index (χ0v) is 15.3. The number of carbonyl (C=O) groups excluding carboxylic acids is 1. The molecule has 1 amide bonds. The van der Waals surface area contributed by atoms with Gasteiger partial charge in [0.2, 0.25) is 0 Å². The summed E-state index contributed by atoms with van der Waals surface area (Å²) in [5, 5.41) is 0. The van der Waals surface area contributed by atoms with Gasteiger partial charge in [0, 0.05) is 19.7 Å². The Balaban J connectivity index is 3.37. The van der Waals surface area contributed by atoms with Crippen molar-refractivity contribution in [3.63, 3.8) is 0 Å². The van der Waals surface area contributed by atoms with Crippen LogP contribution in [0.15, 0.2) is 22.6 Å². The molecule has 134 valence electrons. The molecule has 0 bridgehead atoms. The Bertz CT molecular complexity index is 655. The Kier molecular flexibility index (Phi) is 6.10. The van der Waals surface area contributed by atoms with Crippen molar-refractivity contribution in [3.05, 3.63) is 35.1 Å². The molecule has 0 aliphatic rings. The molecule has 0 N–H and O–H groups in total. The third-order valence-electron chi connectivity index (χ3n) is 3.15. The number of alkyl halides is 2. The normalized spacial score (nSPS) is 14.5. The topological polar surface area (TPSA) is 55.7 Å². The van der Waals surface area contributed by atoms with E-state index in [0.29, 0.717) is 4.90 Å². The second-order valence-corrected chi connectivity index (χ2v) is 8.38. The molecule has 4 nitrogen and oxygen atoms in total. The molecule has 0 heterocycles. The van der Waals surface area contributed by atoms with E-state index in [1.54, 1.807) is 20.8 Å². The Morgan fingerprint density at radius 3 is 2.25 bits per heavy atom. The minimum absolute atomic E-state index is 0.0238. The van der Waals surface area contributed by atoms with E-state index in [9.17, 15) is 22.5 Å². The van der Waals surface area contributed by atoms with Crippen molar-refractivity contribution >= 4 is 23.0 Å². The molecule has 0 radical (unpaired) electrons. The van der Waals surface area contributed by atoms with Crippen molar-refractivity contribution in [2.24, 2.45) is 4.40 Å². The van der Waals surface area contributed by atoms with Gasteiger partial charge in [0.25, 0.3) is 5.91 Å². The van der Waals surface area contributed by atoms with Gasteiger partial charge in [-0.15, -0.1) is 0 Å². The summed E-state index contributed by atoms with van der Waals surface area (Å²) in [6.07, 6.45) is 0. The third-order valence-corrected chi connectivity index (χ3v) is 4.63. The van der Waals surface area contributed by atoms with Crippen molar-refractivity contribution < 1.29 is 22.5 Å². The molecule has 0 saturated carbocycles. The lowest BCUT2D eigenvalue weighted by Gasteiger charge is -2.22. The fourth-order valence-corrected chi connectivity index (χ4v) is 2.38. The zero-order chi connectivity index (χ0) is 18.9. The van der Waals surface area contributed by atoms with Crippen LogP contribution in [-0.4, -0.2) is 39.9 Å². The number of hydrogen-bond acceptors (Lipinski definition) is 3. The summed E-state index contributed by atoms with van der Waals surface area (Å²) in [5.41, 5.74) is -1.22. The Hall–Kier alpha value is -1.54. The molecular formula is C16H21F3N2O2S. The van der Waals surface area contributed by atoms with Crippen molar-refractivity contribution in [2.45, 2.75) is 38.4 Å². The number of rotatable bonds is 4. The molecular weight excluding hydrogens is 341 g/mol. The van der Waals surface area contributed by atoms with E-state index < -0.39 is 39.3 Å². The fraction of sp³-hybridized carbons (Fsp3) is 0.500. The van der Waals surface area contributed by atoms with E-state index in [4.69, 9.17) is 0 Å². The first-order valence-electron chi connectivity index (χ1n) is 7.16. The molecule has 1 aromatic rings. The Morgan fingerprint density at radius 1 is 1.25 bits per heavy atom. The molecule has 0 aliphatic carbocycles. The number of halogens is 3. The second kappa shape index (κ2) is 7.14. The van der Waals surface area contributed by atoms with Gasteiger partial charge in [0.15, 0.2) is 0 Å². The van der Waals surface area contributed by atoms with Crippen LogP contribution in [0.1, 0.15) is 38.8 Å². The van der Waals surface area contributed by atoms with Gasteiger partial charge in [-0.25, -0.2) is 4.39 Å². The number of nitrogens with zero attached hydrogens (tertiary/aromatic N) is 2. The second-order valence-electron chi connectivity index (χ2n) is 6.48. The van der Waals surface area contributed by atoms with Gasteiger partial charge in [0.1, 0.15) is 21.9 Å². The number of carbonyl (C=O) groups is 1. The minimum atomic E-state index is -4.01. The van der Waals surface area contributed by atoms with Gasteiger partial charge in [0.05, 0.1) is 11.3 Å². The lowest BCUT2D eigenvalue weighted by molar-refractivity contribution is -0.156. The molecule has 0 spiro atoms. The predicted molar refractivity (Wildman–Crippen MR) is 89.1 cm³/mol. The number of hydrogen-bond donors (Lipinski definition) is 0. The fourth-order valence-electron chi connectivity index (χ4n) is 1.76. The van der Waals surface area contributed by atoms with Gasteiger partial charge in [-0.05, 0) is 33.8 Å². The van der Waals surface area contributed by atoms with Gasteiger partial charge in [-0.1, -0.05) is 16.5 Å². The van der Waals surface area contributed by atoms with Gasteiger partial charge in [-0.3, -0.25) is 4.79 Å². The molecule has 0 aromatic heterocycles. The summed E-state index contributed by atoms with van der Waals surface area (Å²) in [4.78, 5) is 12.3. The predicted octanol–water partition coefficient (Wildman–Crippen LogP) is 3.28. The molecule has 8 heteroatoms. The van der Waals surface area contributed by atoms with E-state index in [1.165, 1.54) is 19.1 Å². The van der Waals surface area contributed by atoms with E-state index >= 15 is 0 Å². The van der Waals surface area contributed by atoms with Crippen molar-refractivity contribution in [1.29, 1.82) is 0 Å². The van der Waals surface area contributed by atoms with E-state index in [1.807, 2.05) is 0 Å². The van der Waals surface area contributed by atoms with E-state index in [2.05, 4.69) is 4.40 Å². The highest BCUT2D eigenvalue weighted by atomic mass is 32.2. The number of benzene rings is 1. The number of likely N-dealkylation sites (N-methyl/N-ethyl adjacent to an activating group) is 1. The van der Waals surface area contributed by atoms with Crippen molar-refractivity contribution in [1.82, 2.24) is 4.90 Å². The average molecular weight is 362 g/mol. The molecule has 1 aromatic carbocycles. The summed E-state index contributed by atoms with van der Waals surface area (Å²) < 4.78 is 58.3. The van der Waals surface area contributed by atoms with Crippen LogP contribution in [0.4, 0.5) is 13.2 Å². The summed E-state index contributed by atoms with van der Waals surface area (Å²) in [6, 6.07) is 3.33. The average Bonchev–Trinajstić information content (AvgIpc) is 2.44. The SMILES string of the molecule is CC(=N[S+]([O-])C(C)(C)C)c1cccc(C(F)(F)C(=O)N(C)C)c1F. The van der Waals surface area contributed by atoms with Crippen LogP contribution in [0.2, 0.25) is 0 Å². The van der Waals surface area contributed by atoms with E-state index in [0.717, 1.165) is 20.2 Å². The Morgan fingerprint density at radius 2 is 1.79 bits per heavy atom.